The third kappa shape index (κ3) is 5.96. The first-order valence-corrected chi connectivity index (χ1v) is 10.7. The van der Waals surface area contributed by atoms with Crippen LogP contribution in [0.25, 0.3) is 0 Å². The van der Waals surface area contributed by atoms with Gasteiger partial charge in [0.1, 0.15) is 18.9 Å². The number of hydrogen-bond donors (Lipinski definition) is 0. The van der Waals surface area contributed by atoms with E-state index in [9.17, 15) is 4.79 Å². The maximum absolute atomic E-state index is 12.8. The van der Waals surface area contributed by atoms with Crippen molar-refractivity contribution in [1.29, 1.82) is 5.26 Å². The number of aromatic nitrogens is 3. The van der Waals surface area contributed by atoms with Gasteiger partial charge in [-0.15, -0.1) is 16.8 Å². The third-order valence-corrected chi connectivity index (χ3v) is 5.34. The molecule has 0 atom stereocenters. The monoisotopic (exact) mass is 433 g/mol. The number of carbonyl (C=O) groups excluding carboxylic acids is 1. The van der Waals surface area contributed by atoms with E-state index in [1.807, 2.05) is 54.0 Å². The number of nitriles is 1. The number of nitrogens with zero attached hydrogens (tertiary/aromatic N) is 5. The van der Waals surface area contributed by atoms with Crippen molar-refractivity contribution in [3.8, 4) is 11.8 Å². The molecular weight excluding hydrogens is 410 g/mol. The maximum atomic E-state index is 12.8. The van der Waals surface area contributed by atoms with Crippen molar-refractivity contribution in [2.24, 2.45) is 0 Å². The predicted molar refractivity (Wildman–Crippen MR) is 121 cm³/mol. The molecule has 0 spiro atoms. The topological polar surface area (TPSA) is 84.0 Å². The van der Waals surface area contributed by atoms with E-state index >= 15 is 0 Å². The summed E-state index contributed by atoms with van der Waals surface area (Å²) in [6, 6.07) is 19.0. The van der Waals surface area contributed by atoms with Gasteiger partial charge >= 0.3 is 0 Å². The molecule has 8 heteroatoms. The van der Waals surface area contributed by atoms with Crippen molar-refractivity contribution in [1.82, 2.24) is 14.8 Å². The van der Waals surface area contributed by atoms with Crippen molar-refractivity contribution in [3.05, 3.63) is 78.6 Å². The Labute approximate surface area is 186 Å². The van der Waals surface area contributed by atoms with Crippen LogP contribution in [0.15, 0.2) is 72.4 Å². The zero-order valence-electron chi connectivity index (χ0n) is 17.3. The lowest BCUT2D eigenvalue weighted by Gasteiger charge is -2.19. The van der Waals surface area contributed by atoms with Gasteiger partial charge in [0.15, 0.2) is 11.0 Å². The van der Waals surface area contributed by atoms with E-state index < -0.39 is 0 Å². The van der Waals surface area contributed by atoms with Gasteiger partial charge in [-0.1, -0.05) is 48.2 Å². The van der Waals surface area contributed by atoms with Gasteiger partial charge in [0.2, 0.25) is 5.91 Å². The zero-order valence-corrected chi connectivity index (χ0v) is 18.1. The average Bonchev–Trinajstić information content (AvgIpc) is 3.17. The van der Waals surface area contributed by atoms with Gasteiger partial charge in [0.25, 0.3) is 0 Å². The lowest BCUT2D eigenvalue weighted by molar-refractivity contribution is -0.116. The largest absolute Gasteiger partial charge is 0.486 e. The highest BCUT2D eigenvalue weighted by Crippen LogP contribution is 2.21. The number of thioether (sulfide) groups is 1. The average molecular weight is 434 g/mol. The minimum Gasteiger partial charge on any atom is -0.486 e. The van der Waals surface area contributed by atoms with Gasteiger partial charge in [0.05, 0.1) is 11.8 Å². The van der Waals surface area contributed by atoms with Gasteiger partial charge in [0, 0.05) is 12.2 Å². The summed E-state index contributed by atoms with van der Waals surface area (Å²) in [6.45, 7) is 6.54. The Kier molecular flexibility index (Phi) is 7.85. The predicted octanol–water partition coefficient (Wildman–Crippen LogP) is 4.00. The lowest BCUT2D eigenvalue weighted by atomic mass is 10.2. The van der Waals surface area contributed by atoms with Crippen molar-refractivity contribution in [2.45, 2.75) is 25.2 Å². The smallest absolute Gasteiger partial charge is 0.238 e. The van der Waals surface area contributed by atoms with Crippen LogP contribution in [0.1, 0.15) is 11.4 Å². The Hall–Kier alpha value is -3.57. The first-order chi connectivity index (χ1) is 15.1. The molecule has 0 N–H and O–H groups in total. The van der Waals surface area contributed by atoms with E-state index in [-0.39, 0.29) is 24.8 Å². The molecule has 0 bridgehead atoms. The van der Waals surface area contributed by atoms with Crippen molar-refractivity contribution in [3.63, 3.8) is 0 Å². The lowest BCUT2D eigenvalue weighted by Crippen LogP contribution is -2.32. The minimum absolute atomic E-state index is 0.0155. The first kappa shape index (κ1) is 22.1. The molecule has 2 aromatic carbocycles. The molecule has 1 amide bonds. The summed E-state index contributed by atoms with van der Waals surface area (Å²) in [6.07, 6.45) is 1.75. The van der Waals surface area contributed by atoms with Crippen LogP contribution in [0.2, 0.25) is 0 Å². The summed E-state index contributed by atoms with van der Waals surface area (Å²) in [5.41, 5.74) is 1.80. The molecule has 3 aromatic rings. The van der Waals surface area contributed by atoms with Gasteiger partial charge in [-0.3, -0.25) is 14.3 Å². The summed E-state index contributed by atoms with van der Waals surface area (Å²) < 4.78 is 7.72. The quantitative estimate of drug-likeness (QED) is 0.273. The van der Waals surface area contributed by atoms with Crippen molar-refractivity contribution < 1.29 is 9.53 Å². The molecule has 0 aliphatic rings. The molecule has 31 heavy (non-hydrogen) atoms. The van der Waals surface area contributed by atoms with Crippen LogP contribution in [-0.2, 0) is 17.9 Å². The Morgan fingerprint density at radius 3 is 2.77 bits per heavy atom. The molecule has 0 unspecified atom stereocenters. The van der Waals surface area contributed by atoms with Gasteiger partial charge in [-0.25, -0.2) is 0 Å². The maximum Gasteiger partial charge on any atom is 0.238 e. The number of hydrogen-bond acceptors (Lipinski definition) is 6. The molecule has 0 saturated carbocycles. The molecule has 0 aliphatic carbocycles. The van der Waals surface area contributed by atoms with Crippen LogP contribution in [-0.4, -0.2) is 33.0 Å². The van der Waals surface area contributed by atoms with Crippen LogP contribution in [0.4, 0.5) is 5.69 Å². The van der Waals surface area contributed by atoms with E-state index in [1.165, 1.54) is 16.7 Å². The molecule has 1 heterocycles. The second kappa shape index (κ2) is 11.0. The molecule has 0 aliphatic heterocycles. The molecule has 1 aromatic heterocycles. The fourth-order valence-corrected chi connectivity index (χ4v) is 3.75. The number of benzene rings is 2. The highest BCUT2D eigenvalue weighted by Gasteiger charge is 2.18. The van der Waals surface area contributed by atoms with Crippen molar-refractivity contribution >= 4 is 23.4 Å². The molecule has 0 saturated heterocycles. The van der Waals surface area contributed by atoms with E-state index in [0.29, 0.717) is 23.2 Å². The number of aryl methyl sites for hydroxylation is 1. The summed E-state index contributed by atoms with van der Waals surface area (Å²) in [7, 11) is 0. The van der Waals surface area contributed by atoms with Crippen LogP contribution in [0.5, 0.6) is 5.75 Å². The summed E-state index contributed by atoms with van der Waals surface area (Å²) in [5, 5.41) is 18.2. The van der Waals surface area contributed by atoms with E-state index in [2.05, 4.69) is 22.8 Å². The highest BCUT2D eigenvalue weighted by atomic mass is 32.2. The fraction of sp³-hybridized carbons (Fsp3) is 0.217. The zero-order chi connectivity index (χ0) is 22.1. The first-order valence-electron chi connectivity index (χ1n) is 9.70. The number of amides is 1. The van der Waals surface area contributed by atoms with Gasteiger partial charge < -0.3 is 4.74 Å². The standard InChI is InChI=1S/C23H23N5O2S/c1-3-13-28-21(16-30-20-11-7-8-18(2)15-20)25-26-23(28)31-17-22(29)27(14-12-24)19-9-5-4-6-10-19/h3-11,15H,1,13-14,16-17H2,2H3. The number of para-hydroxylation sites is 1. The van der Waals surface area contributed by atoms with E-state index in [0.717, 1.165) is 11.3 Å². The number of rotatable bonds is 10. The summed E-state index contributed by atoms with van der Waals surface area (Å²) in [5.74, 6) is 1.36. The summed E-state index contributed by atoms with van der Waals surface area (Å²) >= 11 is 1.27. The Morgan fingerprint density at radius 1 is 1.26 bits per heavy atom. The normalized spacial score (nSPS) is 10.3. The Bertz CT molecular complexity index is 1080. The van der Waals surface area contributed by atoms with Crippen LogP contribution in [0, 0.1) is 18.3 Å². The third-order valence-electron chi connectivity index (χ3n) is 4.39. The van der Waals surface area contributed by atoms with Crippen LogP contribution >= 0.6 is 11.8 Å². The molecular formula is C23H23N5O2S. The van der Waals surface area contributed by atoms with E-state index in [4.69, 9.17) is 10.00 Å². The fourth-order valence-electron chi connectivity index (χ4n) is 2.90. The van der Waals surface area contributed by atoms with E-state index in [1.54, 1.807) is 18.2 Å². The Balaban J connectivity index is 1.68. The van der Waals surface area contributed by atoms with Crippen molar-refractivity contribution in [2.75, 3.05) is 17.2 Å². The molecule has 158 valence electrons. The highest BCUT2D eigenvalue weighted by molar-refractivity contribution is 7.99. The number of allylic oxidation sites excluding steroid dienone is 1. The van der Waals surface area contributed by atoms with Crippen LogP contribution < -0.4 is 9.64 Å². The Morgan fingerprint density at radius 2 is 2.06 bits per heavy atom. The SMILES string of the molecule is C=CCn1c(COc2cccc(C)c2)nnc1SCC(=O)N(CC#N)c1ccccc1. The number of anilines is 1. The molecule has 7 nitrogen and oxygen atoms in total. The number of ether oxygens (including phenoxy) is 1. The van der Waals surface area contributed by atoms with Gasteiger partial charge in [-0.05, 0) is 36.8 Å². The number of carbonyl (C=O) groups is 1. The second-order valence-corrected chi connectivity index (χ2v) is 7.61. The summed E-state index contributed by atoms with van der Waals surface area (Å²) in [4.78, 5) is 14.2. The van der Waals surface area contributed by atoms with Crippen LogP contribution in [0.3, 0.4) is 0 Å². The minimum atomic E-state index is -0.177. The van der Waals surface area contributed by atoms with Gasteiger partial charge in [-0.2, -0.15) is 5.26 Å². The molecule has 0 fully saturated rings. The second-order valence-electron chi connectivity index (χ2n) is 6.67. The molecule has 3 rings (SSSR count). The molecule has 0 radical (unpaired) electrons.